The molecule has 0 amide bonds. The molecule has 0 radical (unpaired) electrons. The number of rotatable bonds is 1. The van der Waals surface area contributed by atoms with Crippen LogP contribution in [0.3, 0.4) is 0 Å². The van der Waals surface area contributed by atoms with Gasteiger partial charge in [0.15, 0.2) is 11.5 Å². The van der Waals surface area contributed by atoms with E-state index in [2.05, 4.69) is 47.6 Å². The van der Waals surface area contributed by atoms with Gasteiger partial charge < -0.3 is 9.47 Å². The Balaban J connectivity index is 2.65. The Hall–Kier alpha value is -1.51. The van der Waals surface area contributed by atoms with Crippen molar-refractivity contribution in [3.8, 4) is 11.5 Å². The van der Waals surface area contributed by atoms with Gasteiger partial charge in [-0.15, -0.1) is 0 Å². The fourth-order valence-corrected chi connectivity index (χ4v) is 2.34. The summed E-state index contributed by atoms with van der Waals surface area (Å²) in [6, 6.07) is 4.17. The zero-order chi connectivity index (χ0) is 16.2. The molecule has 0 spiro atoms. The molecule has 21 heavy (non-hydrogen) atoms. The molecule has 0 aromatic heterocycles. The Labute approximate surface area is 127 Å². The summed E-state index contributed by atoms with van der Waals surface area (Å²) in [4.78, 5) is 11.8. The van der Waals surface area contributed by atoms with Crippen LogP contribution in [0.4, 0.5) is 0 Å². The molecule has 2 rings (SSSR count). The first-order valence-corrected chi connectivity index (χ1v) is 7.43. The normalized spacial score (nSPS) is 21.5. The summed E-state index contributed by atoms with van der Waals surface area (Å²) in [5.41, 5.74) is 2.18. The van der Waals surface area contributed by atoms with E-state index in [9.17, 15) is 4.79 Å². The second-order valence-corrected chi connectivity index (χ2v) is 8.06. The summed E-state index contributed by atoms with van der Waals surface area (Å²) in [5, 5.41) is 0. The Morgan fingerprint density at radius 1 is 1.00 bits per heavy atom. The van der Waals surface area contributed by atoms with E-state index >= 15 is 0 Å². The van der Waals surface area contributed by atoms with Crippen molar-refractivity contribution in [2.24, 2.45) is 0 Å². The molecule has 3 nitrogen and oxygen atoms in total. The number of Topliss-reactive ketones (excluding diaryl/α,β-unsaturated/α-hetero) is 1. The van der Waals surface area contributed by atoms with Gasteiger partial charge in [-0.25, -0.2) is 0 Å². The minimum Gasteiger partial charge on any atom is -0.442 e. The minimum absolute atomic E-state index is 0.00754. The van der Waals surface area contributed by atoms with Crippen molar-refractivity contribution in [3.05, 3.63) is 23.3 Å². The minimum atomic E-state index is -1.21. The smallest absolute Gasteiger partial charge is 0.308 e. The molecule has 1 aliphatic rings. The predicted molar refractivity (Wildman–Crippen MR) is 84.2 cm³/mol. The first-order valence-electron chi connectivity index (χ1n) is 7.43. The zero-order valence-corrected chi connectivity index (χ0v) is 14.4. The summed E-state index contributed by atoms with van der Waals surface area (Å²) in [7, 11) is 0. The van der Waals surface area contributed by atoms with Gasteiger partial charge in [-0.2, -0.15) is 0 Å². The highest BCUT2D eigenvalue weighted by Gasteiger charge is 2.44. The maximum absolute atomic E-state index is 11.8. The largest absolute Gasteiger partial charge is 0.442 e. The third-order valence-corrected chi connectivity index (χ3v) is 3.97. The van der Waals surface area contributed by atoms with Crippen LogP contribution in [0.15, 0.2) is 12.1 Å². The van der Waals surface area contributed by atoms with Crippen LogP contribution in [-0.4, -0.2) is 11.6 Å². The van der Waals surface area contributed by atoms with Crippen molar-refractivity contribution >= 4 is 5.78 Å². The summed E-state index contributed by atoms with van der Waals surface area (Å²) in [6.45, 7) is 16.1. The van der Waals surface area contributed by atoms with Crippen LogP contribution in [-0.2, 0) is 15.6 Å². The maximum atomic E-state index is 11.8. The number of ketones is 1. The van der Waals surface area contributed by atoms with Crippen molar-refractivity contribution in [1.82, 2.24) is 0 Å². The first kappa shape index (κ1) is 15.9. The van der Waals surface area contributed by atoms with Crippen molar-refractivity contribution in [1.29, 1.82) is 0 Å². The van der Waals surface area contributed by atoms with Gasteiger partial charge in [-0.3, -0.25) is 4.79 Å². The molecule has 116 valence electrons. The van der Waals surface area contributed by atoms with Crippen LogP contribution in [0.5, 0.6) is 11.5 Å². The molecular weight excluding hydrogens is 264 g/mol. The summed E-state index contributed by atoms with van der Waals surface area (Å²) >= 11 is 0. The molecular formula is C18H26O3. The van der Waals surface area contributed by atoms with Gasteiger partial charge in [0.2, 0.25) is 5.78 Å². The molecule has 3 heteroatoms. The summed E-state index contributed by atoms with van der Waals surface area (Å²) < 4.78 is 11.8. The van der Waals surface area contributed by atoms with E-state index in [1.807, 2.05) is 6.07 Å². The molecule has 1 atom stereocenters. The van der Waals surface area contributed by atoms with Crippen molar-refractivity contribution in [2.45, 2.75) is 72.0 Å². The highest BCUT2D eigenvalue weighted by atomic mass is 16.7. The number of carbonyl (C=O) groups excluding carboxylic acids is 1. The Kier molecular flexibility index (Phi) is 3.39. The van der Waals surface area contributed by atoms with Crippen molar-refractivity contribution < 1.29 is 14.3 Å². The number of ether oxygens (including phenoxy) is 2. The van der Waals surface area contributed by atoms with Gasteiger partial charge in [0.1, 0.15) is 0 Å². The van der Waals surface area contributed by atoms with Gasteiger partial charge in [0.05, 0.1) is 0 Å². The second-order valence-electron chi connectivity index (χ2n) is 8.06. The Morgan fingerprint density at radius 2 is 1.57 bits per heavy atom. The van der Waals surface area contributed by atoms with E-state index in [1.165, 1.54) is 12.5 Å². The molecule has 1 unspecified atom stereocenters. The lowest BCUT2D eigenvalue weighted by Gasteiger charge is -2.26. The lowest BCUT2D eigenvalue weighted by molar-refractivity contribution is -0.149. The lowest BCUT2D eigenvalue weighted by Crippen LogP contribution is -2.42. The maximum Gasteiger partial charge on any atom is 0.308 e. The van der Waals surface area contributed by atoms with E-state index in [0.29, 0.717) is 11.5 Å². The Bertz CT molecular complexity index is 588. The number of hydrogen-bond acceptors (Lipinski definition) is 3. The molecule has 0 saturated heterocycles. The molecule has 1 aromatic rings. The second kappa shape index (κ2) is 4.49. The third-order valence-electron chi connectivity index (χ3n) is 3.97. The van der Waals surface area contributed by atoms with Gasteiger partial charge in [0, 0.05) is 19.4 Å². The fourth-order valence-electron chi connectivity index (χ4n) is 2.34. The first-order chi connectivity index (χ1) is 9.34. The number of carbonyl (C=O) groups is 1. The summed E-state index contributed by atoms with van der Waals surface area (Å²) in [5.74, 6) is 0.0351. The third kappa shape index (κ3) is 2.78. The fraction of sp³-hybridized carbons (Fsp3) is 0.611. The van der Waals surface area contributed by atoms with Crippen LogP contribution in [0.25, 0.3) is 0 Å². The van der Waals surface area contributed by atoms with Gasteiger partial charge in [0.25, 0.3) is 0 Å². The molecule has 1 aliphatic heterocycles. The highest BCUT2D eigenvalue weighted by Crippen LogP contribution is 2.48. The number of benzene rings is 1. The molecule has 0 bridgehead atoms. The summed E-state index contributed by atoms with van der Waals surface area (Å²) in [6.07, 6.45) is 0. The van der Waals surface area contributed by atoms with Crippen LogP contribution < -0.4 is 9.47 Å². The van der Waals surface area contributed by atoms with Crippen LogP contribution in [0.2, 0.25) is 0 Å². The molecule has 1 aromatic carbocycles. The number of fused-ring (bicyclic) bond motifs is 1. The van der Waals surface area contributed by atoms with E-state index in [1.54, 1.807) is 6.92 Å². The van der Waals surface area contributed by atoms with Gasteiger partial charge >= 0.3 is 5.79 Å². The Morgan fingerprint density at radius 3 is 2.00 bits per heavy atom. The lowest BCUT2D eigenvalue weighted by atomic mass is 9.80. The van der Waals surface area contributed by atoms with Crippen molar-refractivity contribution in [2.75, 3.05) is 0 Å². The van der Waals surface area contributed by atoms with Crippen LogP contribution >= 0.6 is 0 Å². The van der Waals surface area contributed by atoms with Gasteiger partial charge in [-0.1, -0.05) is 47.6 Å². The zero-order valence-electron chi connectivity index (χ0n) is 14.4. The molecule has 1 heterocycles. The standard InChI is InChI=1S/C18H26O3/c1-11(19)18(8)20-14-10-12(16(2,3)4)9-13(15(14)21-18)17(5,6)7/h9-10H,1-8H3. The quantitative estimate of drug-likeness (QED) is 0.771. The molecule has 0 fully saturated rings. The van der Waals surface area contributed by atoms with Crippen LogP contribution in [0, 0.1) is 0 Å². The molecule has 0 aliphatic carbocycles. The SMILES string of the molecule is CC(=O)C1(C)Oc2cc(C(C)(C)C)cc(C(C)(C)C)c2O1. The predicted octanol–water partition coefficient (Wildman–Crippen LogP) is 4.36. The van der Waals surface area contributed by atoms with E-state index in [-0.39, 0.29) is 16.6 Å². The van der Waals surface area contributed by atoms with E-state index in [0.717, 1.165) is 5.56 Å². The molecule has 0 N–H and O–H groups in total. The van der Waals surface area contributed by atoms with E-state index < -0.39 is 5.79 Å². The van der Waals surface area contributed by atoms with Gasteiger partial charge in [-0.05, 0) is 22.5 Å². The average Bonchev–Trinajstić information content (AvgIpc) is 2.62. The van der Waals surface area contributed by atoms with Crippen molar-refractivity contribution in [3.63, 3.8) is 0 Å². The number of hydrogen-bond donors (Lipinski definition) is 0. The van der Waals surface area contributed by atoms with Crippen LogP contribution in [0.1, 0.15) is 66.5 Å². The monoisotopic (exact) mass is 290 g/mol. The van der Waals surface area contributed by atoms with E-state index in [4.69, 9.17) is 9.47 Å². The average molecular weight is 290 g/mol. The highest BCUT2D eigenvalue weighted by molar-refractivity contribution is 5.85. The molecule has 0 saturated carbocycles. The topological polar surface area (TPSA) is 35.5 Å².